The van der Waals surface area contributed by atoms with E-state index in [4.69, 9.17) is 34.8 Å². The first kappa shape index (κ1) is 26.7. The molecule has 0 aromatic heterocycles. The monoisotopic (exact) mass is 550 g/mol. The Labute approximate surface area is 231 Å². The fraction of sp³-hybridized carbons (Fsp3) is 0.133. The van der Waals surface area contributed by atoms with Gasteiger partial charge in [-0.2, -0.15) is 0 Å². The Kier molecular flexibility index (Phi) is 9.24. The van der Waals surface area contributed by atoms with Crippen molar-refractivity contribution in [2.75, 3.05) is 0 Å². The number of hydrogen-bond donors (Lipinski definition) is 1. The van der Waals surface area contributed by atoms with Crippen LogP contribution in [0.4, 0.5) is 0 Å². The van der Waals surface area contributed by atoms with Gasteiger partial charge in [0.05, 0.1) is 6.42 Å². The minimum Gasteiger partial charge on any atom is -0.350 e. The van der Waals surface area contributed by atoms with Crippen LogP contribution in [0.1, 0.15) is 28.3 Å². The summed E-state index contributed by atoms with van der Waals surface area (Å²) >= 11 is 18.4. The molecule has 0 aliphatic heterocycles. The summed E-state index contributed by atoms with van der Waals surface area (Å²) in [4.78, 5) is 29.1. The normalized spacial score (nSPS) is 11.5. The summed E-state index contributed by atoms with van der Waals surface area (Å²) in [6.45, 7) is 0.463. The Balaban J connectivity index is 1.66. The molecule has 188 valence electrons. The summed E-state index contributed by atoms with van der Waals surface area (Å²) in [5.41, 5.74) is 3.17. The molecule has 4 rings (SSSR count). The van der Waals surface area contributed by atoms with Crippen molar-refractivity contribution in [3.8, 4) is 0 Å². The molecule has 0 fully saturated rings. The lowest BCUT2D eigenvalue weighted by Crippen LogP contribution is -2.43. The van der Waals surface area contributed by atoms with E-state index < -0.39 is 6.04 Å². The smallest absolute Gasteiger partial charge is 0.247 e. The van der Waals surface area contributed by atoms with Crippen LogP contribution >= 0.6 is 34.8 Å². The summed E-state index contributed by atoms with van der Waals surface area (Å²) < 4.78 is 0. The predicted molar refractivity (Wildman–Crippen MR) is 150 cm³/mol. The highest BCUT2D eigenvalue weighted by atomic mass is 35.5. The van der Waals surface area contributed by atoms with Gasteiger partial charge in [0.2, 0.25) is 11.8 Å². The molecule has 2 amide bonds. The molecule has 37 heavy (non-hydrogen) atoms. The van der Waals surface area contributed by atoms with Crippen LogP contribution in [0.5, 0.6) is 0 Å². The highest BCUT2D eigenvalue weighted by Crippen LogP contribution is 2.26. The van der Waals surface area contributed by atoms with Crippen LogP contribution in [0.25, 0.3) is 0 Å². The number of halogens is 3. The van der Waals surface area contributed by atoms with Crippen LogP contribution in [0.2, 0.25) is 15.1 Å². The molecule has 0 spiro atoms. The minimum atomic E-state index is -0.854. The molecule has 0 heterocycles. The van der Waals surface area contributed by atoms with Crippen LogP contribution in [0.3, 0.4) is 0 Å². The Bertz CT molecular complexity index is 1350. The van der Waals surface area contributed by atoms with Crippen LogP contribution in [0.15, 0.2) is 103 Å². The van der Waals surface area contributed by atoms with E-state index in [0.29, 0.717) is 20.6 Å². The van der Waals surface area contributed by atoms with Crippen molar-refractivity contribution >= 4 is 46.6 Å². The fourth-order valence-electron chi connectivity index (χ4n) is 4.03. The van der Waals surface area contributed by atoms with Crippen LogP contribution in [-0.4, -0.2) is 16.7 Å². The summed E-state index contributed by atoms with van der Waals surface area (Å²) in [5.74, 6) is -0.489. The number of amides is 2. The molecule has 0 aliphatic rings. The molecule has 7 heteroatoms. The van der Waals surface area contributed by atoms with E-state index in [9.17, 15) is 9.59 Å². The molecule has 4 nitrogen and oxygen atoms in total. The molecular formula is C30H25Cl3N2O2. The van der Waals surface area contributed by atoms with E-state index in [1.54, 1.807) is 35.2 Å². The molecule has 0 aliphatic carbocycles. The maximum Gasteiger partial charge on any atom is 0.247 e. The van der Waals surface area contributed by atoms with E-state index in [2.05, 4.69) is 5.32 Å². The molecule has 4 aromatic rings. The summed E-state index contributed by atoms with van der Waals surface area (Å²) in [7, 11) is 0. The highest BCUT2D eigenvalue weighted by molar-refractivity contribution is 6.35. The van der Waals surface area contributed by atoms with Gasteiger partial charge in [0, 0.05) is 28.2 Å². The quantitative estimate of drug-likeness (QED) is 0.238. The molecule has 1 N–H and O–H groups in total. The lowest BCUT2D eigenvalue weighted by Gasteiger charge is -2.32. The molecule has 0 bridgehead atoms. The van der Waals surface area contributed by atoms with Crippen molar-refractivity contribution in [1.29, 1.82) is 0 Å². The lowest BCUT2D eigenvalue weighted by atomic mass is 10.0. The third-order valence-corrected chi connectivity index (χ3v) is 6.77. The number of carbonyl (C=O) groups is 2. The van der Waals surface area contributed by atoms with Gasteiger partial charge in [-0.1, -0.05) is 114 Å². The van der Waals surface area contributed by atoms with Gasteiger partial charge in [0.1, 0.15) is 6.04 Å². The van der Waals surface area contributed by atoms with Crippen molar-refractivity contribution in [3.05, 3.63) is 140 Å². The van der Waals surface area contributed by atoms with Gasteiger partial charge in [0.15, 0.2) is 0 Å². The van der Waals surface area contributed by atoms with Crippen molar-refractivity contribution in [1.82, 2.24) is 10.2 Å². The van der Waals surface area contributed by atoms with Gasteiger partial charge in [-0.3, -0.25) is 9.59 Å². The second-order valence-electron chi connectivity index (χ2n) is 8.58. The highest BCUT2D eigenvalue weighted by Gasteiger charge is 2.31. The number of benzene rings is 4. The fourth-order valence-corrected chi connectivity index (χ4v) is 4.64. The van der Waals surface area contributed by atoms with E-state index in [1.807, 2.05) is 72.8 Å². The zero-order chi connectivity index (χ0) is 26.2. The second-order valence-corrected chi connectivity index (χ2v) is 9.86. The molecule has 0 radical (unpaired) electrons. The lowest BCUT2D eigenvalue weighted by molar-refractivity contribution is -0.141. The number of nitrogens with one attached hydrogen (secondary N) is 1. The van der Waals surface area contributed by atoms with Crippen molar-refractivity contribution in [2.24, 2.45) is 0 Å². The van der Waals surface area contributed by atoms with E-state index >= 15 is 0 Å². The second kappa shape index (κ2) is 12.8. The topological polar surface area (TPSA) is 49.4 Å². The molecule has 0 saturated heterocycles. The van der Waals surface area contributed by atoms with E-state index in [1.165, 1.54) is 0 Å². The predicted octanol–water partition coefficient (Wildman–Crippen LogP) is 7.28. The van der Waals surface area contributed by atoms with Gasteiger partial charge in [0.25, 0.3) is 0 Å². The number of nitrogens with zero attached hydrogens (tertiary/aromatic N) is 1. The SMILES string of the molecule is O=C(NCc1ccc(Cl)cc1Cl)C(c1ccccc1)N(Cc1ccccc1)C(=O)Cc1ccc(Cl)cc1. The van der Waals surface area contributed by atoms with Crippen molar-refractivity contribution in [2.45, 2.75) is 25.6 Å². The number of carbonyl (C=O) groups excluding carboxylic acids is 2. The van der Waals surface area contributed by atoms with Gasteiger partial charge in [-0.25, -0.2) is 0 Å². The maximum absolute atomic E-state index is 13.8. The summed E-state index contributed by atoms with van der Waals surface area (Å²) in [6.07, 6.45) is 0.129. The summed E-state index contributed by atoms with van der Waals surface area (Å²) in [6, 6.07) is 30.4. The average molecular weight is 552 g/mol. The Morgan fingerprint density at radius 3 is 2.00 bits per heavy atom. The average Bonchev–Trinajstić information content (AvgIpc) is 2.90. The maximum atomic E-state index is 13.8. The van der Waals surface area contributed by atoms with Crippen LogP contribution in [0, 0.1) is 0 Å². The van der Waals surface area contributed by atoms with E-state index in [0.717, 1.165) is 16.7 Å². The molecule has 4 aromatic carbocycles. The van der Waals surface area contributed by atoms with E-state index in [-0.39, 0.29) is 31.3 Å². The van der Waals surface area contributed by atoms with Crippen LogP contribution < -0.4 is 5.32 Å². The molecule has 1 atom stereocenters. The third kappa shape index (κ3) is 7.36. The number of rotatable bonds is 9. The van der Waals surface area contributed by atoms with Crippen LogP contribution in [-0.2, 0) is 29.1 Å². The van der Waals surface area contributed by atoms with Crippen molar-refractivity contribution in [3.63, 3.8) is 0 Å². The minimum absolute atomic E-state index is 0.129. The summed E-state index contributed by atoms with van der Waals surface area (Å²) in [5, 5.41) is 4.55. The Morgan fingerprint density at radius 2 is 1.35 bits per heavy atom. The standard InChI is InChI=1S/C30H25Cl3N2O2/c31-25-14-11-21(12-15-25)17-28(36)35(20-22-7-3-1-4-8-22)29(23-9-5-2-6-10-23)30(37)34-19-24-13-16-26(32)18-27(24)33/h1-16,18,29H,17,19-20H2,(H,34,37). The largest absolute Gasteiger partial charge is 0.350 e. The molecular weight excluding hydrogens is 527 g/mol. The van der Waals surface area contributed by atoms with Gasteiger partial charge < -0.3 is 10.2 Å². The Hall–Kier alpha value is -3.31. The number of hydrogen-bond acceptors (Lipinski definition) is 2. The zero-order valence-corrected chi connectivity index (χ0v) is 22.2. The first-order valence-corrected chi connectivity index (χ1v) is 12.9. The van der Waals surface area contributed by atoms with Crippen molar-refractivity contribution < 1.29 is 9.59 Å². The van der Waals surface area contributed by atoms with Gasteiger partial charge >= 0.3 is 0 Å². The first-order chi connectivity index (χ1) is 17.9. The Morgan fingerprint density at radius 1 is 0.730 bits per heavy atom. The van der Waals surface area contributed by atoms with Gasteiger partial charge in [-0.05, 0) is 46.5 Å². The third-order valence-electron chi connectivity index (χ3n) is 5.93. The molecule has 0 saturated carbocycles. The van der Waals surface area contributed by atoms with Gasteiger partial charge in [-0.15, -0.1) is 0 Å². The molecule has 1 unspecified atom stereocenters. The first-order valence-electron chi connectivity index (χ1n) is 11.7. The zero-order valence-electron chi connectivity index (χ0n) is 19.9.